The van der Waals surface area contributed by atoms with Gasteiger partial charge in [0.25, 0.3) is 0 Å². The molecule has 0 N–H and O–H groups in total. The number of nitrogens with zero attached hydrogens (tertiary/aromatic N) is 2. The highest BCUT2D eigenvalue weighted by molar-refractivity contribution is 6.30. The smallest absolute Gasteiger partial charge is 0.135 e. The van der Waals surface area contributed by atoms with Gasteiger partial charge in [-0.15, -0.1) is 0 Å². The second-order valence-corrected chi connectivity index (χ2v) is 4.30. The molecule has 0 aliphatic carbocycles. The molecule has 1 rings (SSSR count). The second-order valence-electron chi connectivity index (χ2n) is 3.94. The molecule has 0 spiro atoms. The fourth-order valence-electron chi connectivity index (χ4n) is 1.48. The van der Waals surface area contributed by atoms with Crippen LogP contribution >= 0.6 is 11.6 Å². The molecular weight excluding hydrogens is 196 g/mol. The van der Waals surface area contributed by atoms with Crippen molar-refractivity contribution in [3.63, 3.8) is 0 Å². The maximum absolute atomic E-state index is 6.04. The first-order valence-electron chi connectivity index (χ1n) is 5.13. The summed E-state index contributed by atoms with van der Waals surface area (Å²) in [6, 6.07) is 0. The Hall–Kier alpha value is -0.630. The molecule has 0 saturated heterocycles. The first-order valence-corrected chi connectivity index (χ1v) is 5.51. The van der Waals surface area contributed by atoms with Crippen LogP contribution in [0.15, 0.2) is 6.33 Å². The number of rotatable bonds is 4. The van der Waals surface area contributed by atoms with Crippen LogP contribution in [0.1, 0.15) is 38.4 Å². The molecule has 14 heavy (non-hydrogen) atoms. The summed E-state index contributed by atoms with van der Waals surface area (Å²) in [5.74, 6) is 0.608. The van der Waals surface area contributed by atoms with Crippen molar-refractivity contribution < 1.29 is 0 Å². The Morgan fingerprint density at radius 3 is 2.64 bits per heavy atom. The van der Waals surface area contributed by atoms with E-state index in [4.69, 9.17) is 11.6 Å². The van der Waals surface area contributed by atoms with Gasteiger partial charge in [0.2, 0.25) is 0 Å². The van der Waals surface area contributed by atoms with E-state index in [0.29, 0.717) is 11.1 Å². The van der Waals surface area contributed by atoms with Gasteiger partial charge in [0.1, 0.15) is 11.5 Å². The zero-order chi connectivity index (χ0) is 10.6. The van der Waals surface area contributed by atoms with E-state index in [1.54, 1.807) is 6.33 Å². The van der Waals surface area contributed by atoms with Gasteiger partial charge in [-0.05, 0) is 18.8 Å². The third-order valence-electron chi connectivity index (χ3n) is 2.08. The average molecular weight is 213 g/mol. The molecule has 0 aromatic carbocycles. The monoisotopic (exact) mass is 212 g/mol. The van der Waals surface area contributed by atoms with Gasteiger partial charge < -0.3 is 0 Å². The van der Waals surface area contributed by atoms with Crippen molar-refractivity contribution in [3.8, 4) is 0 Å². The van der Waals surface area contributed by atoms with Gasteiger partial charge in [-0.2, -0.15) is 0 Å². The predicted octanol–water partition coefficient (Wildman–Crippen LogP) is 3.28. The molecule has 0 saturated carbocycles. The third-order valence-corrected chi connectivity index (χ3v) is 2.41. The largest absolute Gasteiger partial charge is 0.241 e. The molecule has 2 nitrogen and oxygen atoms in total. The van der Waals surface area contributed by atoms with Crippen molar-refractivity contribution in [2.75, 3.05) is 0 Å². The lowest BCUT2D eigenvalue weighted by Crippen LogP contribution is -2.04. The summed E-state index contributed by atoms with van der Waals surface area (Å²) in [6.07, 6.45) is 4.59. The Bertz CT molecular complexity index is 297. The molecule has 0 unspecified atom stereocenters. The van der Waals surface area contributed by atoms with E-state index in [1.165, 1.54) is 0 Å². The minimum Gasteiger partial charge on any atom is -0.241 e. The van der Waals surface area contributed by atoms with Crippen molar-refractivity contribution >= 4 is 11.6 Å². The van der Waals surface area contributed by atoms with Crippen LogP contribution < -0.4 is 0 Å². The number of aromatic nitrogens is 2. The lowest BCUT2D eigenvalue weighted by molar-refractivity contribution is 0.626. The molecule has 0 aliphatic heterocycles. The summed E-state index contributed by atoms with van der Waals surface area (Å²) in [5.41, 5.74) is 2.24. The van der Waals surface area contributed by atoms with Crippen molar-refractivity contribution in [2.24, 2.45) is 5.92 Å². The van der Waals surface area contributed by atoms with Crippen LogP contribution in [0.2, 0.25) is 5.15 Å². The topological polar surface area (TPSA) is 25.8 Å². The SMILES string of the molecule is CCCc1c(Cl)ncnc1CC(C)C. The van der Waals surface area contributed by atoms with Crippen LogP contribution in [-0.2, 0) is 12.8 Å². The highest BCUT2D eigenvalue weighted by Gasteiger charge is 2.09. The molecule has 3 heteroatoms. The summed E-state index contributed by atoms with van der Waals surface area (Å²) < 4.78 is 0. The Balaban J connectivity index is 2.95. The van der Waals surface area contributed by atoms with Crippen LogP contribution in [0.5, 0.6) is 0 Å². The van der Waals surface area contributed by atoms with Gasteiger partial charge >= 0.3 is 0 Å². The quantitative estimate of drug-likeness (QED) is 0.716. The lowest BCUT2D eigenvalue weighted by atomic mass is 10.0. The van der Waals surface area contributed by atoms with Crippen LogP contribution in [-0.4, -0.2) is 9.97 Å². The normalized spacial score (nSPS) is 10.9. The maximum atomic E-state index is 6.04. The zero-order valence-corrected chi connectivity index (χ0v) is 9.80. The number of hydrogen-bond donors (Lipinski definition) is 0. The van der Waals surface area contributed by atoms with E-state index in [1.807, 2.05) is 0 Å². The molecule has 0 aliphatic rings. The summed E-state index contributed by atoms with van der Waals surface area (Å²) in [5, 5.41) is 0.623. The lowest BCUT2D eigenvalue weighted by Gasteiger charge is -2.10. The fraction of sp³-hybridized carbons (Fsp3) is 0.636. The zero-order valence-electron chi connectivity index (χ0n) is 9.05. The van der Waals surface area contributed by atoms with E-state index >= 15 is 0 Å². The first-order chi connectivity index (χ1) is 6.65. The Labute approximate surface area is 90.7 Å². The van der Waals surface area contributed by atoms with Crippen molar-refractivity contribution in [1.82, 2.24) is 9.97 Å². The van der Waals surface area contributed by atoms with Crippen molar-refractivity contribution in [3.05, 3.63) is 22.7 Å². The fourth-order valence-corrected chi connectivity index (χ4v) is 1.73. The van der Waals surface area contributed by atoms with Gasteiger partial charge in [0.15, 0.2) is 0 Å². The first kappa shape index (κ1) is 11.4. The van der Waals surface area contributed by atoms with Crippen LogP contribution in [0, 0.1) is 5.92 Å². The molecule has 0 fully saturated rings. The van der Waals surface area contributed by atoms with E-state index < -0.39 is 0 Å². The molecule has 0 bridgehead atoms. The molecule has 0 amide bonds. The van der Waals surface area contributed by atoms with Gasteiger partial charge in [-0.1, -0.05) is 38.8 Å². The highest BCUT2D eigenvalue weighted by Crippen LogP contribution is 2.19. The number of halogens is 1. The van der Waals surface area contributed by atoms with Gasteiger partial charge in [0.05, 0.1) is 0 Å². The average Bonchev–Trinajstić information content (AvgIpc) is 2.10. The molecule has 1 heterocycles. The molecule has 0 atom stereocenters. The summed E-state index contributed by atoms with van der Waals surface area (Å²) in [6.45, 7) is 6.51. The molecule has 1 aromatic rings. The Morgan fingerprint density at radius 2 is 2.07 bits per heavy atom. The van der Waals surface area contributed by atoms with E-state index in [-0.39, 0.29) is 0 Å². The molecular formula is C11H17ClN2. The van der Waals surface area contributed by atoms with Crippen LogP contribution in [0.4, 0.5) is 0 Å². The second kappa shape index (κ2) is 5.30. The van der Waals surface area contributed by atoms with E-state index in [9.17, 15) is 0 Å². The Morgan fingerprint density at radius 1 is 1.36 bits per heavy atom. The van der Waals surface area contributed by atoms with Crippen LogP contribution in [0.3, 0.4) is 0 Å². The van der Waals surface area contributed by atoms with Gasteiger partial charge in [-0.3, -0.25) is 0 Å². The third kappa shape index (κ3) is 2.95. The van der Waals surface area contributed by atoms with Crippen molar-refractivity contribution in [1.29, 1.82) is 0 Å². The Kier molecular flexibility index (Phi) is 4.33. The molecule has 1 aromatic heterocycles. The van der Waals surface area contributed by atoms with Gasteiger partial charge in [0, 0.05) is 11.3 Å². The van der Waals surface area contributed by atoms with Crippen molar-refractivity contribution in [2.45, 2.75) is 40.0 Å². The molecule has 78 valence electrons. The standard InChI is InChI=1S/C11H17ClN2/c1-4-5-9-10(6-8(2)3)13-7-14-11(9)12/h7-8H,4-6H2,1-3H3. The van der Waals surface area contributed by atoms with E-state index in [2.05, 4.69) is 30.7 Å². The molecule has 0 radical (unpaired) electrons. The minimum absolute atomic E-state index is 0.608. The maximum Gasteiger partial charge on any atom is 0.135 e. The van der Waals surface area contributed by atoms with E-state index in [0.717, 1.165) is 30.5 Å². The highest BCUT2D eigenvalue weighted by atomic mass is 35.5. The number of hydrogen-bond acceptors (Lipinski definition) is 2. The predicted molar refractivity (Wildman–Crippen MR) is 59.6 cm³/mol. The minimum atomic E-state index is 0.608. The summed E-state index contributed by atoms with van der Waals surface area (Å²) >= 11 is 6.04. The van der Waals surface area contributed by atoms with Gasteiger partial charge in [-0.25, -0.2) is 9.97 Å². The van der Waals surface area contributed by atoms with Crippen LogP contribution in [0.25, 0.3) is 0 Å². The summed E-state index contributed by atoms with van der Waals surface area (Å²) in [7, 11) is 0. The summed E-state index contributed by atoms with van der Waals surface area (Å²) in [4.78, 5) is 8.32.